The van der Waals surface area contributed by atoms with Crippen LogP contribution in [-0.2, 0) is 9.47 Å². The maximum Gasteiger partial charge on any atom is 0.200 e. The van der Waals surface area contributed by atoms with Gasteiger partial charge in [0.2, 0.25) is 5.75 Å². The molecule has 4 unspecified atom stereocenters. The van der Waals surface area contributed by atoms with Gasteiger partial charge in [-0.3, -0.25) is 0 Å². The Kier molecular flexibility index (Phi) is 4.38. The largest absolute Gasteiger partial charge is 0.508 e. The van der Waals surface area contributed by atoms with Gasteiger partial charge in [0.25, 0.3) is 0 Å². The molecule has 4 rings (SSSR count). The molecule has 6 nitrogen and oxygen atoms in total. The van der Waals surface area contributed by atoms with Crippen molar-refractivity contribution in [1.29, 1.82) is 0 Å². The third-order valence-corrected chi connectivity index (χ3v) is 5.34. The van der Waals surface area contributed by atoms with E-state index in [1.165, 1.54) is 14.2 Å². The van der Waals surface area contributed by atoms with Crippen LogP contribution in [0.15, 0.2) is 36.4 Å². The molecule has 0 aliphatic carbocycles. The molecule has 2 fully saturated rings. The van der Waals surface area contributed by atoms with E-state index in [1.54, 1.807) is 24.3 Å². The molecule has 2 aromatic rings. The lowest BCUT2D eigenvalue weighted by atomic mass is 9.84. The van der Waals surface area contributed by atoms with Gasteiger partial charge < -0.3 is 29.2 Å². The van der Waals surface area contributed by atoms with Gasteiger partial charge >= 0.3 is 0 Å². The molecule has 2 saturated heterocycles. The average molecular weight is 358 g/mol. The number of fused-ring (bicyclic) bond motifs is 1. The number of aromatic hydroxyl groups is 2. The highest BCUT2D eigenvalue weighted by atomic mass is 16.5. The highest BCUT2D eigenvalue weighted by molar-refractivity contribution is 5.53. The first kappa shape index (κ1) is 17.0. The van der Waals surface area contributed by atoms with Gasteiger partial charge in [0.05, 0.1) is 39.6 Å². The number of methoxy groups -OCH3 is 2. The van der Waals surface area contributed by atoms with Crippen LogP contribution in [0, 0.1) is 11.8 Å². The topological polar surface area (TPSA) is 77.4 Å². The summed E-state index contributed by atoms with van der Waals surface area (Å²) >= 11 is 0. The lowest BCUT2D eigenvalue weighted by Crippen LogP contribution is -2.14. The summed E-state index contributed by atoms with van der Waals surface area (Å²) in [6.45, 7) is 1.08. The summed E-state index contributed by atoms with van der Waals surface area (Å²) in [5.74, 6) is 1.22. The highest BCUT2D eigenvalue weighted by Crippen LogP contribution is 2.52. The maximum atomic E-state index is 10.2. The molecule has 0 saturated carbocycles. The Morgan fingerprint density at radius 1 is 0.885 bits per heavy atom. The number of hydrogen-bond acceptors (Lipinski definition) is 6. The average Bonchev–Trinajstić information content (AvgIpc) is 3.25. The molecule has 6 heteroatoms. The number of ether oxygens (including phenoxy) is 4. The highest BCUT2D eigenvalue weighted by Gasteiger charge is 2.48. The fourth-order valence-electron chi connectivity index (χ4n) is 4.02. The van der Waals surface area contributed by atoms with E-state index in [1.807, 2.05) is 12.1 Å². The second kappa shape index (κ2) is 6.70. The van der Waals surface area contributed by atoms with Crippen molar-refractivity contribution in [2.75, 3.05) is 27.4 Å². The standard InChI is InChI=1S/C20H22O6/c1-23-16-7-11(8-17(24-2)18(16)22)19-13-9-26-20(14(13)10-25-19)12-5-3-4-6-15(12)21/h3-8,13-14,19-22H,9-10H2,1-2H3. The van der Waals surface area contributed by atoms with Crippen molar-refractivity contribution in [2.24, 2.45) is 11.8 Å². The zero-order valence-electron chi connectivity index (χ0n) is 14.7. The molecular formula is C20H22O6. The van der Waals surface area contributed by atoms with Gasteiger partial charge in [-0.05, 0) is 23.8 Å². The molecule has 0 amide bonds. The minimum atomic E-state index is -0.188. The minimum Gasteiger partial charge on any atom is -0.508 e. The molecule has 4 atom stereocenters. The van der Waals surface area contributed by atoms with E-state index in [4.69, 9.17) is 18.9 Å². The molecule has 2 heterocycles. The van der Waals surface area contributed by atoms with Crippen LogP contribution in [0.5, 0.6) is 23.0 Å². The maximum absolute atomic E-state index is 10.2. The van der Waals surface area contributed by atoms with Crippen LogP contribution in [0.1, 0.15) is 23.3 Å². The summed E-state index contributed by atoms with van der Waals surface area (Å²) < 4.78 is 22.6. The Balaban J connectivity index is 1.63. The molecule has 26 heavy (non-hydrogen) atoms. The van der Waals surface area contributed by atoms with Gasteiger partial charge in [0.15, 0.2) is 11.5 Å². The van der Waals surface area contributed by atoms with Crippen LogP contribution < -0.4 is 9.47 Å². The second-order valence-corrected chi connectivity index (χ2v) is 6.67. The minimum absolute atomic E-state index is 0.0250. The zero-order valence-corrected chi connectivity index (χ0v) is 14.7. The third kappa shape index (κ3) is 2.66. The van der Waals surface area contributed by atoms with E-state index < -0.39 is 0 Å². The Hall–Kier alpha value is -2.44. The number of phenols is 2. The lowest BCUT2D eigenvalue weighted by molar-refractivity contribution is 0.0184. The molecule has 0 radical (unpaired) electrons. The Bertz CT molecular complexity index is 780. The van der Waals surface area contributed by atoms with E-state index in [0.29, 0.717) is 24.7 Å². The smallest absolute Gasteiger partial charge is 0.200 e. The molecule has 138 valence electrons. The van der Waals surface area contributed by atoms with E-state index in [9.17, 15) is 10.2 Å². The van der Waals surface area contributed by atoms with Crippen molar-refractivity contribution < 1.29 is 29.2 Å². The molecule has 2 aliphatic heterocycles. The summed E-state index contributed by atoms with van der Waals surface area (Å²) in [7, 11) is 3.01. The van der Waals surface area contributed by atoms with Gasteiger partial charge in [0, 0.05) is 17.4 Å². The van der Waals surface area contributed by atoms with Crippen molar-refractivity contribution in [3.05, 3.63) is 47.5 Å². The molecule has 0 spiro atoms. The van der Waals surface area contributed by atoms with Crippen LogP contribution >= 0.6 is 0 Å². The summed E-state index contributed by atoms with van der Waals surface area (Å²) in [6.07, 6.45) is -0.369. The Morgan fingerprint density at radius 3 is 2.08 bits per heavy atom. The monoisotopic (exact) mass is 358 g/mol. The fourth-order valence-corrected chi connectivity index (χ4v) is 4.02. The summed E-state index contributed by atoms with van der Waals surface area (Å²) in [6, 6.07) is 10.8. The molecule has 2 N–H and O–H groups in total. The third-order valence-electron chi connectivity index (χ3n) is 5.34. The van der Waals surface area contributed by atoms with E-state index >= 15 is 0 Å². The van der Waals surface area contributed by atoms with Crippen molar-refractivity contribution in [1.82, 2.24) is 0 Å². The SMILES string of the molecule is COc1cc(C2OCC3C(c4ccccc4O)OCC23)cc(OC)c1O. The first-order chi connectivity index (χ1) is 12.6. The first-order valence-corrected chi connectivity index (χ1v) is 8.60. The number of para-hydroxylation sites is 1. The van der Waals surface area contributed by atoms with Gasteiger partial charge in [-0.2, -0.15) is 0 Å². The van der Waals surface area contributed by atoms with E-state index in [-0.39, 0.29) is 35.5 Å². The van der Waals surface area contributed by atoms with E-state index in [2.05, 4.69) is 0 Å². The first-order valence-electron chi connectivity index (χ1n) is 8.60. The molecule has 0 bridgehead atoms. The number of benzene rings is 2. The van der Waals surface area contributed by atoms with Crippen molar-refractivity contribution >= 4 is 0 Å². The number of rotatable bonds is 4. The fraction of sp³-hybridized carbons (Fsp3) is 0.400. The summed E-state index contributed by atoms with van der Waals surface area (Å²) in [5.41, 5.74) is 1.68. The van der Waals surface area contributed by atoms with Crippen LogP contribution in [0.4, 0.5) is 0 Å². The second-order valence-electron chi connectivity index (χ2n) is 6.67. The molecule has 2 aliphatic rings. The number of hydrogen-bond donors (Lipinski definition) is 2. The summed E-state index contributed by atoms with van der Waals surface area (Å²) in [4.78, 5) is 0. The van der Waals surface area contributed by atoms with Gasteiger partial charge in [-0.1, -0.05) is 18.2 Å². The van der Waals surface area contributed by atoms with Gasteiger partial charge in [-0.25, -0.2) is 0 Å². The molecule has 2 aromatic carbocycles. The van der Waals surface area contributed by atoms with Crippen LogP contribution in [0.25, 0.3) is 0 Å². The van der Waals surface area contributed by atoms with E-state index in [0.717, 1.165) is 11.1 Å². The van der Waals surface area contributed by atoms with Gasteiger partial charge in [0.1, 0.15) is 5.75 Å². The predicted octanol–water partition coefficient (Wildman–Crippen LogP) is 3.19. The molecular weight excluding hydrogens is 336 g/mol. The van der Waals surface area contributed by atoms with Crippen LogP contribution in [0.3, 0.4) is 0 Å². The van der Waals surface area contributed by atoms with Crippen molar-refractivity contribution in [2.45, 2.75) is 12.2 Å². The normalized spacial score (nSPS) is 27.3. The van der Waals surface area contributed by atoms with Crippen molar-refractivity contribution in [3.8, 4) is 23.0 Å². The molecule has 0 aromatic heterocycles. The summed E-state index contributed by atoms with van der Waals surface area (Å²) in [5, 5.41) is 20.3. The van der Waals surface area contributed by atoms with Crippen LogP contribution in [0.2, 0.25) is 0 Å². The Labute approximate surface area is 151 Å². The van der Waals surface area contributed by atoms with Crippen molar-refractivity contribution in [3.63, 3.8) is 0 Å². The predicted molar refractivity (Wildman–Crippen MR) is 93.7 cm³/mol. The quantitative estimate of drug-likeness (QED) is 0.874. The lowest BCUT2D eigenvalue weighted by Gasteiger charge is -2.19. The van der Waals surface area contributed by atoms with Crippen LogP contribution in [-0.4, -0.2) is 37.6 Å². The number of phenolic OH excluding ortho intramolecular Hbond substituents is 2. The Morgan fingerprint density at radius 2 is 1.46 bits per heavy atom. The van der Waals surface area contributed by atoms with Gasteiger partial charge in [-0.15, -0.1) is 0 Å². The zero-order chi connectivity index (χ0) is 18.3.